The molecule has 0 unspecified atom stereocenters. The number of aryl methyl sites for hydroxylation is 1. The number of halogens is 1. The second kappa shape index (κ2) is 13.7. The van der Waals surface area contributed by atoms with Crippen molar-refractivity contribution in [2.75, 3.05) is 7.11 Å². The van der Waals surface area contributed by atoms with Crippen LogP contribution in [0, 0.1) is 24.1 Å². The number of hydrogen-bond acceptors (Lipinski definition) is 7. The average Bonchev–Trinajstić information content (AvgIpc) is 3.39. The Labute approximate surface area is 232 Å². The molecule has 0 aliphatic heterocycles. The Morgan fingerprint density at radius 1 is 1.12 bits per heavy atom. The van der Waals surface area contributed by atoms with Gasteiger partial charge in [-0.3, -0.25) is 20.3 Å². The topological polar surface area (TPSA) is 142 Å². The Morgan fingerprint density at radius 3 is 2.52 bits per heavy atom. The molecule has 1 aromatic heterocycles. The molecule has 0 spiro atoms. The smallest absolute Gasteiger partial charge is 0.242 e. The van der Waals surface area contributed by atoms with Gasteiger partial charge in [0.1, 0.15) is 6.04 Å². The number of methoxy groups -OCH3 is 1. The van der Waals surface area contributed by atoms with Gasteiger partial charge in [-0.05, 0) is 35.6 Å². The number of benzene rings is 2. The lowest BCUT2D eigenvalue weighted by atomic mass is 9.84. The number of rotatable bonds is 10. The molecule has 4 N–H and O–H groups in total. The maximum atomic E-state index is 13.7. The summed E-state index contributed by atoms with van der Waals surface area (Å²) in [6.07, 6.45) is 6.09. The molecule has 0 radical (unpaired) electrons. The predicted octanol–water partition coefficient (Wildman–Crippen LogP) is 4.03. The number of aromatic nitrogens is 2. The van der Waals surface area contributed by atoms with E-state index in [1.165, 1.54) is 25.7 Å². The molecule has 1 aliphatic carbocycles. The normalized spacial score (nSPS) is 14.3. The van der Waals surface area contributed by atoms with E-state index in [1.54, 1.807) is 37.3 Å². The number of nitrogens with zero attached hydrogens (tertiary/aromatic N) is 2. The van der Waals surface area contributed by atoms with Crippen LogP contribution in [0.2, 0.25) is 0 Å². The van der Waals surface area contributed by atoms with Crippen molar-refractivity contribution in [1.82, 2.24) is 26.1 Å². The zero-order valence-electron chi connectivity index (χ0n) is 22.8. The molecule has 2 aromatic carbocycles. The molecule has 0 bridgehead atoms. The lowest BCUT2D eigenvalue weighted by Gasteiger charge is -2.27. The molecular weight excluding hydrogens is 515 g/mol. The molecule has 3 aromatic rings. The minimum absolute atomic E-state index is 0.0570. The van der Waals surface area contributed by atoms with Gasteiger partial charge in [-0.25, -0.2) is 4.39 Å². The molecular formula is C29H35FN6O4. The zero-order valence-corrected chi connectivity index (χ0v) is 22.8. The minimum atomic E-state index is -0.698. The fourth-order valence-electron chi connectivity index (χ4n) is 4.88. The highest BCUT2D eigenvalue weighted by Crippen LogP contribution is 2.27. The highest BCUT2D eigenvalue weighted by atomic mass is 19.1. The predicted molar refractivity (Wildman–Crippen MR) is 147 cm³/mol. The molecule has 10 nitrogen and oxygen atoms in total. The van der Waals surface area contributed by atoms with E-state index in [-0.39, 0.29) is 36.5 Å². The number of ether oxygens (including phenoxy) is 1. The number of carbonyl (C=O) groups is 2. The summed E-state index contributed by atoms with van der Waals surface area (Å²) in [4.78, 5) is 30.0. The first-order chi connectivity index (χ1) is 19.3. The maximum Gasteiger partial charge on any atom is 0.242 e. The van der Waals surface area contributed by atoms with Crippen molar-refractivity contribution in [2.45, 2.75) is 64.5 Å². The summed E-state index contributed by atoms with van der Waals surface area (Å²) >= 11 is 0. The van der Waals surface area contributed by atoms with Crippen LogP contribution >= 0.6 is 0 Å². The first kappa shape index (κ1) is 28.7. The van der Waals surface area contributed by atoms with E-state index in [4.69, 9.17) is 14.7 Å². The summed E-state index contributed by atoms with van der Waals surface area (Å²) in [6, 6.07) is 10.9. The molecule has 1 heterocycles. The van der Waals surface area contributed by atoms with Crippen molar-refractivity contribution < 1.29 is 23.2 Å². The Kier molecular flexibility index (Phi) is 9.82. The fraction of sp³-hybridized carbons (Fsp3) is 0.414. The van der Waals surface area contributed by atoms with Gasteiger partial charge in [0.2, 0.25) is 23.5 Å². The van der Waals surface area contributed by atoms with Gasteiger partial charge in [0.15, 0.2) is 17.5 Å². The van der Waals surface area contributed by atoms with E-state index in [0.29, 0.717) is 29.6 Å². The Balaban J connectivity index is 1.33. The molecule has 40 heavy (non-hydrogen) atoms. The van der Waals surface area contributed by atoms with Crippen LogP contribution in [0.3, 0.4) is 0 Å². The van der Waals surface area contributed by atoms with Gasteiger partial charge in [-0.2, -0.15) is 4.98 Å². The maximum absolute atomic E-state index is 13.7. The molecule has 0 saturated heterocycles. The SMILES string of the molecule is COc1cc(CNC(=O)[C@@H](CC2CCCCC2)NC(=N)NC(=O)Cc2ccc(-c3noc(C)n3)cc2)ccc1F. The number of carbonyl (C=O) groups excluding carboxylic acids is 2. The van der Waals surface area contributed by atoms with Gasteiger partial charge >= 0.3 is 0 Å². The van der Waals surface area contributed by atoms with Crippen molar-refractivity contribution in [3.05, 3.63) is 65.3 Å². The van der Waals surface area contributed by atoms with Gasteiger partial charge < -0.3 is 19.9 Å². The molecule has 212 valence electrons. The van der Waals surface area contributed by atoms with Crippen LogP contribution in [-0.4, -0.2) is 41.1 Å². The van der Waals surface area contributed by atoms with Crippen LogP contribution < -0.4 is 20.7 Å². The zero-order chi connectivity index (χ0) is 28.5. The summed E-state index contributed by atoms with van der Waals surface area (Å²) in [6.45, 7) is 1.89. The second-order valence-electron chi connectivity index (χ2n) is 10.1. The molecule has 1 atom stereocenters. The van der Waals surface area contributed by atoms with Crippen LogP contribution in [0.4, 0.5) is 4.39 Å². The largest absolute Gasteiger partial charge is 0.494 e. The quantitative estimate of drug-likeness (QED) is 0.221. The standard InChI is InChI=1S/C29H35FN6O4/c1-18-33-27(36-40-18)22-11-8-20(9-12-22)16-26(37)35-29(31)34-24(14-19-6-4-3-5-7-19)28(38)32-17-21-10-13-23(30)25(15-21)39-2/h8-13,15,19,24H,3-7,14,16-17H2,1-2H3,(H,32,38)(H3,31,34,35,37)/t24-/m1/s1. The van der Waals surface area contributed by atoms with Crippen LogP contribution in [-0.2, 0) is 22.6 Å². The Morgan fingerprint density at radius 2 is 1.85 bits per heavy atom. The van der Waals surface area contributed by atoms with E-state index in [9.17, 15) is 14.0 Å². The highest BCUT2D eigenvalue weighted by molar-refractivity contribution is 5.98. The van der Waals surface area contributed by atoms with Gasteiger partial charge in [-0.1, -0.05) is 67.6 Å². The van der Waals surface area contributed by atoms with Crippen LogP contribution in [0.1, 0.15) is 55.5 Å². The van der Waals surface area contributed by atoms with Crippen LogP contribution in [0.15, 0.2) is 47.0 Å². The lowest BCUT2D eigenvalue weighted by molar-refractivity contribution is -0.123. The van der Waals surface area contributed by atoms with Crippen molar-refractivity contribution in [1.29, 1.82) is 5.41 Å². The average molecular weight is 551 g/mol. The van der Waals surface area contributed by atoms with E-state index in [2.05, 4.69) is 26.1 Å². The number of amides is 2. The summed E-state index contributed by atoms with van der Waals surface area (Å²) in [5, 5.41) is 20.6. The lowest BCUT2D eigenvalue weighted by Crippen LogP contribution is -2.52. The van der Waals surface area contributed by atoms with E-state index in [1.807, 2.05) is 0 Å². The summed E-state index contributed by atoms with van der Waals surface area (Å²) in [5.74, 6) is 0.0208. The molecule has 4 rings (SSSR count). The third kappa shape index (κ3) is 8.11. The second-order valence-corrected chi connectivity index (χ2v) is 10.1. The molecule has 1 saturated carbocycles. The first-order valence-electron chi connectivity index (χ1n) is 13.5. The number of nitrogens with one attached hydrogen (secondary N) is 4. The number of guanidine groups is 1. The van der Waals surface area contributed by atoms with E-state index in [0.717, 1.165) is 36.8 Å². The van der Waals surface area contributed by atoms with E-state index < -0.39 is 11.9 Å². The minimum Gasteiger partial charge on any atom is -0.494 e. The van der Waals surface area contributed by atoms with Gasteiger partial charge in [0.05, 0.1) is 13.5 Å². The van der Waals surface area contributed by atoms with Crippen LogP contribution in [0.5, 0.6) is 5.75 Å². The summed E-state index contributed by atoms with van der Waals surface area (Å²) in [5.41, 5.74) is 2.21. The Hall–Kier alpha value is -4.28. The van der Waals surface area contributed by atoms with Gasteiger partial charge in [0, 0.05) is 19.0 Å². The monoisotopic (exact) mass is 550 g/mol. The van der Waals surface area contributed by atoms with Crippen molar-refractivity contribution in [3.8, 4) is 17.1 Å². The highest BCUT2D eigenvalue weighted by Gasteiger charge is 2.25. The Bertz CT molecular complexity index is 1320. The molecule has 1 aliphatic rings. The van der Waals surface area contributed by atoms with Crippen molar-refractivity contribution >= 4 is 17.8 Å². The summed E-state index contributed by atoms with van der Waals surface area (Å²) < 4.78 is 23.8. The fourth-order valence-corrected chi connectivity index (χ4v) is 4.88. The third-order valence-corrected chi connectivity index (χ3v) is 6.98. The van der Waals surface area contributed by atoms with Crippen molar-refractivity contribution in [3.63, 3.8) is 0 Å². The van der Waals surface area contributed by atoms with E-state index >= 15 is 0 Å². The molecule has 1 fully saturated rings. The summed E-state index contributed by atoms with van der Waals surface area (Å²) in [7, 11) is 1.39. The van der Waals surface area contributed by atoms with Gasteiger partial charge in [0.25, 0.3) is 0 Å². The third-order valence-electron chi connectivity index (χ3n) is 6.98. The van der Waals surface area contributed by atoms with Crippen LogP contribution in [0.25, 0.3) is 11.4 Å². The molecule has 2 amide bonds. The molecule has 11 heteroatoms. The number of hydrogen-bond donors (Lipinski definition) is 4. The van der Waals surface area contributed by atoms with Gasteiger partial charge in [-0.15, -0.1) is 0 Å². The van der Waals surface area contributed by atoms with Crippen molar-refractivity contribution in [2.24, 2.45) is 5.92 Å². The first-order valence-corrected chi connectivity index (χ1v) is 13.5.